The van der Waals surface area contributed by atoms with Gasteiger partial charge in [0.05, 0.1) is 0 Å². The molecule has 2 aromatic rings. The molecule has 1 aromatic heterocycles. The average Bonchev–Trinajstić information content (AvgIpc) is 2.66. The highest BCUT2D eigenvalue weighted by Gasteiger charge is 2.26. The van der Waals surface area contributed by atoms with Crippen molar-refractivity contribution in [2.24, 2.45) is 0 Å². The van der Waals surface area contributed by atoms with Gasteiger partial charge in [-0.05, 0) is 19.1 Å². The van der Waals surface area contributed by atoms with E-state index in [1.807, 2.05) is 6.07 Å². The summed E-state index contributed by atoms with van der Waals surface area (Å²) >= 11 is 0. The van der Waals surface area contributed by atoms with E-state index in [0.29, 0.717) is 5.69 Å². The summed E-state index contributed by atoms with van der Waals surface area (Å²) in [6.45, 7) is 2.66. The van der Waals surface area contributed by atoms with Gasteiger partial charge in [0.1, 0.15) is 0 Å². The molecule has 19 heavy (non-hydrogen) atoms. The molecule has 0 aliphatic heterocycles. The molecule has 1 N–H and O–H groups in total. The van der Waals surface area contributed by atoms with Crippen LogP contribution in [0.25, 0.3) is 5.69 Å². The number of nitrogens with one attached hydrogen (secondary N) is 1. The van der Waals surface area contributed by atoms with Crippen molar-refractivity contribution in [2.45, 2.75) is 20.4 Å². The van der Waals surface area contributed by atoms with Gasteiger partial charge in [-0.1, -0.05) is 28.1 Å². The van der Waals surface area contributed by atoms with Crippen LogP contribution in [0.3, 0.4) is 0 Å². The Hall–Kier alpha value is -2.50. The molecular weight excluding hydrogens is 246 g/mol. The van der Waals surface area contributed by atoms with Crippen LogP contribution in [-0.2, 0) is 11.3 Å². The smallest absolute Gasteiger partial charge is 0.295 e. The van der Waals surface area contributed by atoms with Crippen LogP contribution in [0.15, 0.2) is 35.1 Å². The van der Waals surface area contributed by atoms with Crippen LogP contribution >= 0.6 is 0 Å². The topological polar surface area (TPSA) is 75.8 Å². The van der Waals surface area contributed by atoms with Gasteiger partial charge in [0.2, 0.25) is 5.78 Å². The van der Waals surface area contributed by atoms with Crippen molar-refractivity contribution in [3.05, 3.63) is 46.4 Å². The molecule has 98 valence electrons. The maximum Gasteiger partial charge on any atom is 0.409 e. The molecule has 0 amide bonds. The van der Waals surface area contributed by atoms with Gasteiger partial charge in [0, 0.05) is 6.92 Å². The quantitative estimate of drug-likeness (QED) is 0.632. The zero-order valence-corrected chi connectivity index (χ0v) is 10.7. The predicted octanol–water partition coefficient (Wildman–Crippen LogP) is 0.245. The Labute approximate surface area is 109 Å². The SMILES string of the molecule is CC(=O)C[n+]1[nH]n(-c2ccccc2)c(=O)c1C(C)=O. The summed E-state index contributed by atoms with van der Waals surface area (Å²) in [5, 5.41) is 2.76. The van der Waals surface area contributed by atoms with E-state index in [0.717, 1.165) is 0 Å². The number of rotatable bonds is 4. The molecule has 0 bridgehead atoms. The molecule has 0 fully saturated rings. The number of aromatic amines is 1. The summed E-state index contributed by atoms with van der Waals surface area (Å²) in [5.41, 5.74) is 0.122. The van der Waals surface area contributed by atoms with Gasteiger partial charge < -0.3 is 0 Å². The molecule has 0 spiro atoms. The van der Waals surface area contributed by atoms with Gasteiger partial charge in [-0.3, -0.25) is 9.59 Å². The fourth-order valence-corrected chi connectivity index (χ4v) is 1.87. The Morgan fingerprint density at radius 2 is 1.84 bits per heavy atom. The second-order valence-corrected chi connectivity index (χ2v) is 4.27. The number of hydrogen-bond acceptors (Lipinski definition) is 3. The number of benzene rings is 1. The van der Waals surface area contributed by atoms with Crippen molar-refractivity contribution >= 4 is 11.6 Å². The van der Waals surface area contributed by atoms with Crippen LogP contribution in [-0.4, -0.2) is 21.5 Å². The van der Waals surface area contributed by atoms with Crippen LogP contribution in [0.1, 0.15) is 24.3 Å². The molecule has 0 saturated heterocycles. The summed E-state index contributed by atoms with van der Waals surface area (Å²) in [5.74, 6) is -0.522. The summed E-state index contributed by atoms with van der Waals surface area (Å²) in [4.78, 5) is 34.9. The number of H-pyrrole nitrogens is 1. The highest BCUT2D eigenvalue weighted by atomic mass is 16.2. The first-order valence-electron chi connectivity index (χ1n) is 5.81. The molecule has 6 nitrogen and oxygen atoms in total. The van der Waals surface area contributed by atoms with E-state index in [2.05, 4.69) is 5.21 Å². The van der Waals surface area contributed by atoms with Gasteiger partial charge in [-0.25, -0.2) is 4.79 Å². The maximum absolute atomic E-state index is 12.2. The lowest BCUT2D eigenvalue weighted by atomic mass is 10.3. The molecule has 6 heteroatoms. The number of nitrogens with zero attached hydrogens (tertiary/aromatic N) is 2. The van der Waals surface area contributed by atoms with E-state index in [1.54, 1.807) is 24.3 Å². The standard InChI is InChI=1S/C13H13N3O3/c1-9(17)8-15-12(10(2)18)13(19)16(14-15)11-6-4-3-5-7-11/h3-7H,8H2,1-2H3/p+1. The lowest BCUT2D eigenvalue weighted by Crippen LogP contribution is -2.45. The number of Topliss-reactive ketones (excluding diaryl/α,β-unsaturated/α-hetero) is 2. The van der Waals surface area contributed by atoms with Gasteiger partial charge in [-0.2, -0.15) is 0 Å². The molecular formula is C13H14N3O3+. The number of carbonyl (C=O) groups is 2. The number of hydrogen-bond donors (Lipinski definition) is 1. The summed E-state index contributed by atoms with van der Waals surface area (Å²) < 4.78 is 2.53. The number of carbonyl (C=O) groups excluding carboxylic acids is 2. The van der Waals surface area contributed by atoms with E-state index >= 15 is 0 Å². The normalized spacial score (nSPS) is 10.4. The van der Waals surface area contributed by atoms with E-state index in [4.69, 9.17) is 0 Å². The van der Waals surface area contributed by atoms with Crippen molar-refractivity contribution in [1.29, 1.82) is 0 Å². The molecule has 0 atom stereocenters. The van der Waals surface area contributed by atoms with Gasteiger partial charge in [-0.15, -0.1) is 4.68 Å². The minimum absolute atomic E-state index is 0.0287. The van der Waals surface area contributed by atoms with E-state index < -0.39 is 5.56 Å². The second-order valence-electron chi connectivity index (χ2n) is 4.27. The van der Waals surface area contributed by atoms with Crippen LogP contribution in [0.2, 0.25) is 0 Å². The third-order valence-corrected chi connectivity index (χ3v) is 2.62. The van der Waals surface area contributed by atoms with Crippen molar-refractivity contribution in [3.8, 4) is 5.69 Å². The summed E-state index contributed by atoms with van der Waals surface area (Å²) in [6.07, 6.45) is 0. The lowest BCUT2D eigenvalue weighted by molar-refractivity contribution is -0.744. The summed E-state index contributed by atoms with van der Waals surface area (Å²) in [6, 6.07) is 8.86. The third kappa shape index (κ3) is 2.52. The number of aromatic nitrogens is 3. The molecule has 2 rings (SSSR count). The lowest BCUT2D eigenvalue weighted by Gasteiger charge is -1.94. The Morgan fingerprint density at radius 3 is 2.37 bits per heavy atom. The number of para-hydroxylation sites is 1. The monoisotopic (exact) mass is 260 g/mol. The molecule has 0 radical (unpaired) electrons. The highest BCUT2D eigenvalue weighted by Crippen LogP contribution is 2.01. The first kappa shape index (κ1) is 12.9. The van der Waals surface area contributed by atoms with E-state index in [-0.39, 0.29) is 23.8 Å². The van der Waals surface area contributed by atoms with Gasteiger partial charge >= 0.3 is 5.56 Å². The highest BCUT2D eigenvalue weighted by molar-refractivity contribution is 5.90. The Kier molecular flexibility index (Phi) is 3.41. The maximum atomic E-state index is 12.2. The Morgan fingerprint density at radius 1 is 1.21 bits per heavy atom. The zero-order valence-electron chi connectivity index (χ0n) is 10.7. The Bertz CT molecular complexity index is 683. The average molecular weight is 260 g/mol. The molecule has 0 aliphatic rings. The van der Waals surface area contributed by atoms with Crippen LogP contribution < -0.4 is 10.2 Å². The van der Waals surface area contributed by atoms with Gasteiger partial charge in [0.15, 0.2) is 18.0 Å². The largest absolute Gasteiger partial charge is 0.409 e. The van der Waals surface area contributed by atoms with Crippen LogP contribution in [0.4, 0.5) is 0 Å². The first-order valence-corrected chi connectivity index (χ1v) is 5.81. The molecule has 0 unspecified atom stereocenters. The van der Waals surface area contributed by atoms with Crippen molar-refractivity contribution in [2.75, 3.05) is 0 Å². The Balaban J connectivity index is 2.62. The van der Waals surface area contributed by atoms with Crippen LogP contribution in [0.5, 0.6) is 0 Å². The first-order chi connectivity index (χ1) is 9.00. The van der Waals surface area contributed by atoms with Crippen LogP contribution in [0, 0.1) is 0 Å². The molecule has 1 aromatic carbocycles. The minimum Gasteiger partial charge on any atom is -0.295 e. The fourth-order valence-electron chi connectivity index (χ4n) is 1.87. The van der Waals surface area contributed by atoms with E-state index in [1.165, 1.54) is 23.2 Å². The zero-order chi connectivity index (χ0) is 14.0. The molecule has 0 saturated carbocycles. The van der Waals surface area contributed by atoms with Crippen molar-refractivity contribution < 1.29 is 14.3 Å². The second kappa shape index (κ2) is 5.01. The van der Waals surface area contributed by atoms with Gasteiger partial charge in [0.25, 0.3) is 5.69 Å². The number of ketones is 2. The van der Waals surface area contributed by atoms with Crippen molar-refractivity contribution in [1.82, 2.24) is 9.90 Å². The third-order valence-electron chi connectivity index (χ3n) is 2.62. The minimum atomic E-state index is -0.458. The van der Waals surface area contributed by atoms with E-state index in [9.17, 15) is 14.4 Å². The van der Waals surface area contributed by atoms with Crippen molar-refractivity contribution in [3.63, 3.8) is 0 Å². The molecule has 0 aliphatic carbocycles. The fraction of sp³-hybridized carbons (Fsp3) is 0.231. The summed E-state index contributed by atoms with van der Waals surface area (Å²) in [7, 11) is 0. The predicted molar refractivity (Wildman–Crippen MR) is 67.3 cm³/mol. The molecule has 1 heterocycles.